The third-order valence-corrected chi connectivity index (χ3v) is 3.32. The van der Waals surface area contributed by atoms with Crippen LogP contribution in [0.25, 0.3) is 0 Å². The predicted octanol–water partition coefficient (Wildman–Crippen LogP) is 3.51. The third-order valence-electron chi connectivity index (χ3n) is 3.32. The van der Waals surface area contributed by atoms with E-state index in [1.54, 1.807) is 12.1 Å². The van der Waals surface area contributed by atoms with Gasteiger partial charge in [-0.2, -0.15) is 0 Å². The molecule has 2 aromatic rings. The molecule has 2 aromatic carbocycles. The van der Waals surface area contributed by atoms with Gasteiger partial charge >= 0.3 is 0 Å². The molecule has 0 saturated carbocycles. The molecule has 106 valence electrons. The molecule has 20 heavy (non-hydrogen) atoms. The van der Waals surface area contributed by atoms with Crippen LogP contribution in [0.2, 0.25) is 0 Å². The summed E-state index contributed by atoms with van der Waals surface area (Å²) in [5.41, 5.74) is 8.10. The molecule has 0 fully saturated rings. The van der Waals surface area contributed by atoms with Crippen molar-refractivity contribution in [2.75, 3.05) is 13.2 Å². The topological polar surface area (TPSA) is 35.2 Å². The fourth-order valence-corrected chi connectivity index (χ4v) is 2.29. The maximum absolute atomic E-state index is 13.0. The predicted molar refractivity (Wildman–Crippen MR) is 79.5 cm³/mol. The lowest BCUT2D eigenvalue weighted by molar-refractivity contribution is 0.340. The van der Waals surface area contributed by atoms with Gasteiger partial charge in [-0.25, -0.2) is 4.39 Å². The largest absolute Gasteiger partial charge is 0.494 e. The van der Waals surface area contributed by atoms with Gasteiger partial charge in [-0.3, -0.25) is 0 Å². The van der Waals surface area contributed by atoms with Gasteiger partial charge in [0.25, 0.3) is 0 Å². The quantitative estimate of drug-likeness (QED) is 0.874. The summed E-state index contributed by atoms with van der Waals surface area (Å²) in [7, 11) is 0. The summed E-state index contributed by atoms with van der Waals surface area (Å²) in [4.78, 5) is 0. The van der Waals surface area contributed by atoms with Crippen LogP contribution in [0.1, 0.15) is 24.0 Å². The second-order valence-corrected chi connectivity index (χ2v) is 4.77. The fraction of sp³-hybridized carbons (Fsp3) is 0.294. The van der Waals surface area contributed by atoms with Gasteiger partial charge < -0.3 is 10.5 Å². The number of hydrogen-bond acceptors (Lipinski definition) is 2. The second kappa shape index (κ2) is 7.06. The van der Waals surface area contributed by atoms with Crippen LogP contribution in [-0.4, -0.2) is 13.2 Å². The van der Waals surface area contributed by atoms with Crippen molar-refractivity contribution in [1.82, 2.24) is 0 Å². The molecule has 0 saturated heterocycles. The zero-order valence-corrected chi connectivity index (χ0v) is 11.7. The highest BCUT2D eigenvalue weighted by Gasteiger charge is 2.11. The van der Waals surface area contributed by atoms with Gasteiger partial charge in [-0.05, 0) is 55.3 Å². The van der Waals surface area contributed by atoms with Crippen molar-refractivity contribution in [3.05, 3.63) is 65.5 Å². The molecule has 0 aliphatic carbocycles. The monoisotopic (exact) mass is 273 g/mol. The van der Waals surface area contributed by atoms with E-state index in [4.69, 9.17) is 10.5 Å². The molecule has 0 heterocycles. The normalized spacial score (nSPS) is 12.2. The zero-order valence-electron chi connectivity index (χ0n) is 11.7. The summed E-state index contributed by atoms with van der Waals surface area (Å²) in [5.74, 6) is 0.843. The van der Waals surface area contributed by atoms with Crippen molar-refractivity contribution >= 4 is 0 Å². The fourth-order valence-electron chi connectivity index (χ4n) is 2.29. The molecule has 1 unspecified atom stereocenters. The maximum Gasteiger partial charge on any atom is 0.123 e. The van der Waals surface area contributed by atoms with Gasteiger partial charge in [-0.15, -0.1) is 0 Å². The van der Waals surface area contributed by atoms with Gasteiger partial charge in [0, 0.05) is 5.92 Å². The van der Waals surface area contributed by atoms with Gasteiger partial charge in [0.15, 0.2) is 0 Å². The van der Waals surface area contributed by atoms with Crippen LogP contribution >= 0.6 is 0 Å². The van der Waals surface area contributed by atoms with Gasteiger partial charge in [-0.1, -0.05) is 24.3 Å². The van der Waals surface area contributed by atoms with E-state index in [2.05, 4.69) is 6.07 Å². The van der Waals surface area contributed by atoms with Crippen LogP contribution in [-0.2, 0) is 6.42 Å². The molecule has 0 aromatic heterocycles. The number of halogens is 1. The summed E-state index contributed by atoms with van der Waals surface area (Å²) in [5, 5.41) is 0. The summed E-state index contributed by atoms with van der Waals surface area (Å²) < 4.78 is 18.5. The van der Waals surface area contributed by atoms with E-state index in [0.717, 1.165) is 17.7 Å². The van der Waals surface area contributed by atoms with Gasteiger partial charge in [0.1, 0.15) is 11.6 Å². The average molecular weight is 273 g/mol. The molecule has 2 nitrogen and oxygen atoms in total. The van der Waals surface area contributed by atoms with Crippen molar-refractivity contribution in [3.8, 4) is 5.75 Å². The molecule has 2 N–H and O–H groups in total. The third kappa shape index (κ3) is 3.81. The summed E-state index contributed by atoms with van der Waals surface area (Å²) in [6.07, 6.45) is 0.822. The first-order chi connectivity index (χ1) is 9.72. The minimum absolute atomic E-state index is 0.187. The van der Waals surface area contributed by atoms with Crippen LogP contribution in [0.3, 0.4) is 0 Å². The van der Waals surface area contributed by atoms with Crippen molar-refractivity contribution in [1.29, 1.82) is 0 Å². The van der Waals surface area contributed by atoms with E-state index >= 15 is 0 Å². The standard InChI is InChI=1S/C17H20FNO/c1-2-20-17-5-3-4-13(11-17)10-15(12-19)14-6-8-16(18)9-7-14/h3-9,11,15H,2,10,12,19H2,1H3. The number of hydrogen-bond donors (Lipinski definition) is 1. The Bertz CT molecular complexity index is 539. The van der Waals surface area contributed by atoms with Crippen LogP contribution < -0.4 is 10.5 Å². The molecule has 0 bridgehead atoms. The Morgan fingerprint density at radius 1 is 1.15 bits per heavy atom. The van der Waals surface area contributed by atoms with Crippen molar-refractivity contribution in [2.45, 2.75) is 19.3 Å². The Balaban J connectivity index is 2.13. The van der Waals surface area contributed by atoms with E-state index in [1.807, 2.05) is 25.1 Å². The Labute approximate surface area is 119 Å². The van der Waals surface area contributed by atoms with Crippen LogP contribution in [0.5, 0.6) is 5.75 Å². The highest BCUT2D eigenvalue weighted by molar-refractivity contribution is 5.31. The molecule has 0 aliphatic heterocycles. The van der Waals surface area contributed by atoms with E-state index in [9.17, 15) is 4.39 Å². The average Bonchev–Trinajstić information content (AvgIpc) is 2.47. The summed E-state index contributed by atoms with van der Waals surface area (Å²) in [6, 6.07) is 14.6. The number of benzene rings is 2. The zero-order chi connectivity index (χ0) is 14.4. The van der Waals surface area contributed by atoms with E-state index in [1.165, 1.54) is 17.7 Å². The lowest BCUT2D eigenvalue weighted by Gasteiger charge is -2.16. The number of nitrogens with two attached hydrogens (primary N) is 1. The molecule has 2 rings (SSSR count). The molecule has 0 amide bonds. The lowest BCUT2D eigenvalue weighted by atomic mass is 9.92. The van der Waals surface area contributed by atoms with Crippen LogP contribution in [0.15, 0.2) is 48.5 Å². The maximum atomic E-state index is 13.0. The molecule has 0 spiro atoms. The molecule has 3 heteroatoms. The highest BCUT2D eigenvalue weighted by Crippen LogP contribution is 2.22. The Morgan fingerprint density at radius 3 is 2.55 bits per heavy atom. The minimum Gasteiger partial charge on any atom is -0.494 e. The first-order valence-corrected chi connectivity index (χ1v) is 6.90. The SMILES string of the molecule is CCOc1cccc(CC(CN)c2ccc(F)cc2)c1. The summed E-state index contributed by atoms with van der Waals surface area (Å²) in [6.45, 7) is 3.15. The van der Waals surface area contributed by atoms with Crippen molar-refractivity contribution in [2.24, 2.45) is 5.73 Å². The van der Waals surface area contributed by atoms with E-state index < -0.39 is 0 Å². The van der Waals surface area contributed by atoms with E-state index in [-0.39, 0.29) is 11.7 Å². The first kappa shape index (κ1) is 14.5. The Hall–Kier alpha value is -1.87. The Morgan fingerprint density at radius 2 is 1.90 bits per heavy atom. The first-order valence-electron chi connectivity index (χ1n) is 6.90. The van der Waals surface area contributed by atoms with Gasteiger partial charge in [0.05, 0.1) is 6.61 Å². The second-order valence-electron chi connectivity index (χ2n) is 4.77. The van der Waals surface area contributed by atoms with Crippen LogP contribution in [0.4, 0.5) is 4.39 Å². The lowest BCUT2D eigenvalue weighted by Crippen LogP contribution is -2.15. The van der Waals surface area contributed by atoms with Crippen molar-refractivity contribution < 1.29 is 9.13 Å². The van der Waals surface area contributed by atoms with Crippen molar-refractivity contribution in [3.63, 3.8) is 0 Å². The number of rotatable bonds is 6. The minimum atomic E-state index is -0.220. The highest BCUT2D eigenvalue weighted by atomic mass is 19.1. The van der Waals surface area contributed by atoms with Gasteiger partial charge in [0.2, 0.25) is 0 Å². The molecule has 0 radical (unpaired) electrons. The smallest absolute Gasteiger partial charge is 0.123 e. The van der Waals surface area contributed by atoms with Crippen LogP contribution in [0, 0.1) is 5.82 Å². The Kier molecular flexibility index (Phi) is 5.13. The molecule has 1 atom stereocenters. The number of ether oxygens (including phenoxy) is 1. The van der Waals surface area contributed by atoms with E-state index in [0.29, 0.717) is 13.2 Å². The molecular weight excluding hydrogens is 253 g/mol. The molecule has 0 aliphatic rings. The summed E-state index contributed by atoms with van der Waals surface area (Å²) >= 11 is 0. The molecular formula is C17H20FNO.